The molecule has 94 valence electrons. The fourth-order valence-corrected chi connectivity index (χ4v) is 2.26. The van der Waals surface area contributed by atoms with Crippen molar-refractivity contribution in [2.45, 2.75) is 45.1 Å². The minimum Gasteiger partial charge on any atom is -0.480 e. The van der Waals surface area contributed by atoms with Crippen molar-refractivity contribution in [3.05, 3.63) is 0 Å². The van der Waals surface area contributed by atoms with Gasteiger partial charge in [0.15, 0.2) is 0 Å². The van der Waals surface area contributed by atoms with Gasteiger partial charge in [0.05, 0.1) is 13.2 Å². The Balaban J connectivity index is 2.28. The maximum absolute atomic E-state index is 10.8. The average Bonchev–Trinajstić information content (AvgIpc) is 2.75. The molecule has 4 nitrogen and oxygen atoms in total. The minimum atomic E-state index is -0.734. The van der Waals surface area contributed by atoms with Crippen LogP contribution in [0.4, 0.5) is 0 Å². The van der Waals surface area contributed by atoms with E-state index < -0.39 is 5.97 Å². The highest BCUT2D eigenvalue weighted by atomic mass is 16.5. The Labute approximate surface area is 97.6 Å². The van der Waals surface area contributed by atoms with Gasteiger partial charge in [-0.25, -0.2) is 0 Å². The Bertz CT molecular complexity index is 202. The van der Waals surface area contributed by atoms with Crippen LogP contribution in [-0.4, -0.2) is 48.3 Å². The molecule has 1 aliphatic rings. The highest BCUT2D eigenvalue weighted by Crippen LogP contribution is 2.23. The topological polar surface area (TPSA) is 49.8 Å². The molecule has 0 aromatic heterocycles. The van der Waals surface area contributed by atoms with Gasteiger partial charge in [-0.15, -0.1) is 0 Å². The molecule has 0 saturated heterocycles. The molecule has 0 aromatic carbocycles. The lowest BCUT2D eigenvalue weighted by atomic mass is 10.2. The fraction of sp³-hybridized carbons (Fsp3) is 0.917. The predicted octanol–water partition coefficient (Wildman–Crippen LogP) is 1.74. The standard InChI is InChI=1S/C12H23NO3/c1-2-8-16-9-7-13(10-12(14)15)11-5-3-4-6-11/h11H,2-10H2,1H3,(H,14,15). The van der Waals surface area contributed by atoms with E-state index in [0.29, 0.717) is 12.6 Å². The highest BCUT2D eigenvalue weighted by molar-refractivity contribution is 5.69. The number of rotatable bonds is 8. The summed E-state index contributed by atoms with van der Waals surface area (Å²) in [6.07, 6.45) is 5.76. The number of carboxylic acid groups (broad SMARTS) is 1. The Morgan fingerprint density at radius 2 is 2.06 bits per heavy atom. The molecule has 0 radical (unpaired) electrons. The lowest BCUT2D eigenvalue weighted by molar-refractivity contribution is -0.139. The molecule has 1 aliphatic carbocycles. The van der Waals surface area contributed by atoms with E-state index in [1.165, 1.54) is 12.8 Å². The van der Waals surface area contributed by atoms with Gasteiger partial charge in [-0.2, -0.15) is 0 Å². The van der Waals surface area contributed by atoms with Crippen molar-refractivity contribution in [3.8, 4) is 0 Å². The summed E-state index contributed by atoms with van der Waals surface area (Å²) in [6.45, 7) is 4.40. The molecule has 0 amide bonds. The van der Waals surface area contributed by atoms with Crippen LogP contribution >= 0.6 is 0 Å². The molecular formula is C12H23NO3. The zero-order valence-electron chi connectivity index (χ0n) is 10.2. The van der Waals surface area contributed by atoms with Gasteiger partial charge in [-0.05, 0) is 19.3 Å². The van der Waals surface area contributed by atoms with Gasteiger partial charge in [-0.1, -0.05) is 19.8 Å². The number of hydrogen-bond acceptors (Lipinski definition) is 3. The second kappa shape index (κ2) is 7.63. The molecule has 1 rings (SSSR count). The summed E-state index contributed by atoms with van der Waals surface area (Å²) in [5, 5.41) is 8.86. The van der Waals surface area contributed by atoms with Gasteiger partial charge >= 0.3 is 5.97 Å². The summed E-state index contributed by atoms with van der Waals surface area (Å²) in [5.41, 5.74) is 0. The maximum Gasteiger partial charge on any atom is 0.317 e. The van der Waals surface area contributed by atoms with E-state index in [2.05, 4.69) is 11.8 Å². The minimum absolute atomic E-state index is 0.153. The quantitative estimate of drug-likeness (QED) is 0.644. The Morgan fingerprint density at radius 3 is 2.62 bits per heavy atom. The first-order chi connectivity index (χ1) is 7.74. The first-order valence-corrected chi connectivity index (χ1v) is 6.27. The molecule has 0 atom stereocenters. The summed E-state index contributed by atoms with van der Waals surface area (Å²) in [4.78, 5) is 12.8. The van der Waals surface area contributed by atoms with Crippen LogP contribution in [0.1, 0.15) is 39.0 Å². The number of carbonyl (C=O) groups is 1. The molecule has 4 heteroatoms. The van der Waals surface area contributed by atoms with Gasteiger partial charge < -0.3 is 9.84 Å². The van der Waals surface area contributed by atoms with Crippen LogP contribution in [-0.2, 0) is 9.53 Å². The van der Waals surface area contributed by atoms with Crippen LogP contribution in [0.5, 0.6) is 0 Å². The first kappa shape index (κ1) is 13.5. The fourth-order valence-electron chi connectivity index (χ4n) is 2.26. The first-order valence-electron chi connectivity index (χ1n) is 6.27. The number of nitrogens with zero attached hydrogens (tertiary/aromatic N) is 1. The maximum atomic E-state index is 10.8. The molecule has 16 heavy (non-hydrogen) atoms. The largest absolute Gasteiger partial charge is 0.480 e. The molecule has 0 unspecified atom stereocenters. The molecule has 1 N–H and O–H groups in total. The molecule has 1 fully saturated rings. The zero-order chi connectivity index (χ0) is 11.8. The van der Waals surface area contributed by atoms with Crippen LogP contribution in [0, 0.1) is 0 Å². The van der Waals surface area contributed by atoms with E-state index in [4.69, 9.17) is 9.84 Å². The van der Waals surface area contributed by atoms with Crippen molar-refractivity contribution in [3.63, 3.8) is 0 Å². The SMILES string of the molecule is CCCOCCN(CC(=O)O)C1CCCC1. The predicted molar refractivity (Wildman–Crippen MR) is 62.6 cm³/mol. The average molecular weight is 229 g/mol. The van der Waals surface area contributed by atoms with Crippen molar-refractivity contribution in [1.29, 1.82) is 0 Å². The van der Waals surface area contributed by atoms with E-state index in [1.54, 1.807) is 0 Å². The van der Waals surface area contributed by atoms with Crippen LogP contribution in [0.3, 0.4) is 0 Å². The lowest BCUT2D eigenvalue weighted by Crippen LogP contribution is -2.39. The van der Waals surface area contributed by atoms with E-state index in [0.717, 1.165) is 32.4 Å². The van der Waals surface area contributed by atoms with E-state index in [-0.39, 0.29) is 6.54 Å². The summed E-state index contributed by atoms with van der Waals surface area (Å²) >= 11 is 0. The Hall–Kier alpha value is -0.610. The second-order valence-electron chi connectivity index (χ2n) is 4.41. The number of carboxylic acids is 1. The van der Waals surface area contributed by atoms with Crippen LogP contribution in [0.15, 0.2) is 0 Å². The second-order valence-corrected chi connectivity index (χ2v) is 4.41. The monoisotopic (exact) mass is 229 g/mol. The summed E-state index contributed by atoms with van der Waals surface area (Å²) in [7, 11) is 0. The van der Waals surface area contributed by atoms with Crippen LogP contribution in [0.25, 0.3) is 0 Å². The van der Waals surface area contributed by atoms with Gasteiger partial charge in [0.2, 0.25) is 0 Å². The van der Waals surface area contributed by atoms with Gasteiger partial charge in [0, 0.05) is 19.2 Å². The van der Waals surface area contributed by atoms with Crippen molar-refractivity contribution in [1.82, 2.24) is 4.90 Å². The third kappa shape index (κ3) is 4.94. The molecule has 1 saturated carbocycles. The third-order valence-electron chi connectivity index (χ3n) is 3.05. The smallest absolute Gasteiger partial charge is 0.317 e. The molecular weight excluding hydrogens is 206 g/mol. The summed E-state index contributed by atoms with van der Waals surface area (Å²) in [6, 6.07) is 0.460. The zero-order valence-corrected chi connectivity index (χ0v) is 10.2. The van der Waals surface area contributed by atoms with Crippen LogP contribution < -0.4 is 0 Å². The lowest BCUT2D eigenvalue weighted by Gasteiger charge is -2.26. The number of ether oxygens (including phenoxy) is 1. The highest BCUT2D eigenvalue weighted by Gasteiger charge is 2.23. The summed E-state index contributed by atoms with van der Waals surface area (Å²) < 4.78 is 5.42. The van der Waals surface area contributed by atoms with E-state index in [1.807, 2.05) is 0 Å². The molecule has 0 aromatic rings. The van der Waals surface area contributed by atoms with Crippen LogP contribution in [0.2, 0.25) is 0 Å². The summed E-state index contributed by atoms with van der Waals surface area (Å²) in [5.74, 6) is -0.734. The third-order valence-corrected chi connectivity index (χ3v) is 3.05. The van der Waals surface area contributed by atoms with E-state index >= 15 is 0 Å². The van der Waals surface area contributed by atoms with Gasteiger partial charge in [0.25, 0.3) is 0 Å². The number of hydrogen-bond donors (Lipinski definition) is 1. The van der Waals surface area contributed by atoms with Crippen molar-refractivity contribution in [2.24, 2.45) is 0 Å². The van der Waals surface area contributed by atoms with Crippen molar-refractivity contribution >= 4 is 5.97 Å². The van der Waals surface area contributed by atoms with E-state index in [9.17, 15) is 4.79 Å². The normalized spacial score (nSPS) is 17.1. The number of aliphatic carboxylic acids is 1. The molecule has 0 spiro atoms. The van der Waals surface area contributed by atoms with Crippen molar-refractivity contribution < 1.29 is 14.6 Å². The van der Waals surface area contributed by atoms with Gasteiger partial charge in [-0.3, -0.25) is 9.69 Å². The Morgan fingerprint density at radius 1 is 1.38 bits per heavy atom. The Kier molecular flexibility index (Phi) is 6.42. The van der Waals surface area contributed by atoms with Gasteiger partial charge in [0.1, 0.15) is 0 Å². The molecule has 0 bridgehead atoms. The van der Waals surface area contributed by atoms with Crippen molar-refractivity contribution in [2.75, 3.05) is 26.3 Å². The molecule has 0 aliphatic heterocycles. The molecule has 0 heterocycles.